The molecule has 4 nitrogen and oxygen atoms in total. The summed E-state index contributed by atoms with van der Waals surface area (Å²) >= 11 is 12.1. The van der Waals surface area contributed by atoms with Gasteiger partial charge in [0.15, 0.2) is 5.58 Å². The van der Waals surface area contributed by atoms with Gasteiger partial charge in [-0.25, -0.2) is 0 Å². The Hall–Kier alpha value is -2.56. The van der Waals surface area contributed by atoms with E-state index >= 15 is 0 Å². The van der Waals surface area contributed by atoms with E-state index in [1.165, 1.54) is 0 Å². The van der Waals surface area contributed by atoms with Crippen LogP contribution in [0.1, 0.15) is 0 Å². The van der Waals surface area contributed by atoms with Crippen molar-refractivity contribution in [3.63, 3.8) is 0 Å². The third kappa shape index (κ3) is 2.64. The minimum absolute atomic E-state index is 0.182. The molecule has 124 valence electrons. The Balaban J connectivity index is 1.97. The molecule has 0 aliphatic heterocycles. The number of hydrogen-bond acceptors (Lipinski definition) is 3. The minimum atomic E-state index is -0.182. The predicted molar refractivity (Wildman–Crippen MR) is 100 cm³/mol. The van der Waals surface area contributed by atoms with Crippen molar-refractivity contribution in [2.45, 2.75) is 0 Å². The van der Waals surface area contributed by atoms with Gasteiger partial charge >= 0.3 is 0 Å². The predicted octanol–water partition coefficient (Wildman–Crippen LogP) is 5.17. The zero-order valence-electron chi connectivity index (χ0n) is 13.2. The van der Waals surface area contributed by atoms with Gasteiger partial charge in [0.05, 0.1) is 15.7 Å². The number of aromatic nitrogens is 2. The van der Waals surface area contributed by atoms with Gasteiger partial charge in [-0.05, 0) is 17.7 Å². The van der Waals surface area contributed by atoms with Crippen LogP contribution in [0.5, 0.6) is 0 Å². The van der Waals surface area contributed by atoms with E-state index < -0.39 is 0 Å². The standard InChI is InChI=1S/C19H12Cl2N2O2/c1-23-15(12-7-8-13(20)14(21)9-12)10-16-17(19(23)24)18(22-25-16)11-5-3-2-4-6-11/h2-10H,1H3. The fourth-order valence-corrected chi connectivity index (χ4v) is 3.13. The molecule has 0 fully saturated rings. The quantitative estimate of drug-likeness (QED) is 0.489. The fraction of sp³-hybridized carbons (Fsp3) is 0.0526. The lowest BCUT2D eigenvalue weighted by Crippen LogP contribution is -2.18. The number of benzene rings is 2. The zero-order valence-corrected chi connectivity index (χ0v) is 14.7. The molecule has 0 saturated heterocycles. The third-order valence-corrected chi connectivity index (χ3v) is 4.87. The summed E-state index contributed by atoms with van der Waals surface area (Å²) in [5.41, 5.74) is 3.07. The van der Waals surface area contributed by atoms with Crippen LogP contribution < -0.4 is 5.56 Å². The monoisotopic (exact) mass is 370 g/mol. The number of pyridine rings is 1. The molecule has 0 radical (unpaired) electrons. The molecule has 25 heavy (non-hydrogen) atoms. The van der Waals surface area contributed by atoms with Crippen LogP contribution in [0.25, 0.3) is 33.5 Å². The second kappa shape index (κ2) is 6.06. The first-order valence-electron chi connectivity index (χ1n) is 7.56. The van der Waals surface area contributed by atoms with Gasteiger partial charge in [-0.3, -0.25) is 4.79 Å². The van der Waals surface area contributed by atoms with E-state index in [9.17, 15) is 4.79 Å². The van der Waals surface area contributed by atoms with Crippen LogP contribution in [0.15, 0.2) is 63.9 Å². The molecule has 0 saturated carbocycles. The van der Waals surface area contributed by atoms with E-state index in [0.29, 0.717) is 32.4 Å². The van der Waals surface area contributed by atoms with E-state index in [-0.39, 0.29) is 5.56 Å². The Labute approximate surface area is 153 Å². The molecule has 4 rings (SSSR count). The van der Waals surface area contributed by atoms with Crippen molar-refractivity contribution in [3.05, 3.63) is 75.0 Å². The van der Waals surface area contributed by atoms with Crippen LogP contribution in [-0.4, -0.2) is 9.72 Å². The highest BCUT2D eigenvalue weighted by Gasteiger charge is 2.18. The van der Waals surface area contributed by atoms with Crippen molar-refractivity contribution in [2.75, 3.05) is 0 Å². The summed E-state index contributed by atoms with van der Waals surface area (Å²) in [4.78, 5) is 12.9. The second-order valence-corrected chi connectivity index (χ2v) is 6.47. The lowest BCUT2D eigenvalue weighted by molar-refractivity contribution is 0.459. The Morgan fingerprint density at radius 2 is 1.72 bits per heavy atom. The molecular formula is C19H12Cl2N2O2. The number of halogens is 2. The van der Waals surface area contributed by atoms with Crippen LogP contribution in [0, 0.1) is 0 Å². The first-order valence-corrected chi connectivity index (χ1v) is 8.32. The van der Waals surface area contributed by atoms with Gasteiger partial charge in [0.2, 0.25) is 0 Å². The summed E-state index contributed by atoms with van der Waals surface area (Å²) in [5, 5.41) is 5.44. The molecule has 0 spiro atoms. The number of rotatable bonds is 2. The van der Waals surface area contributed by atoms with E-state index in [0.717, 1.165) is 11.1 Å². The molecule has 0 atom stereocenters. The van der Waals surface area contributed by atoms with Gasteiger partial charge in [0.25, 0.3) is 5.56 Å². The maximum Gasteiger partial charge on any atom is 0.264 e. The summed E-state index contributed by atoms with van der Waals surface area (Å²) in [6.07, 6.45) is 0. The lowest BCUT2D eigenvalue weighted by atomic mass is 10.1. The molecule has 2 aromatic heterocycles. The zero-order chi connectivity index (χ0) is 17.6. The first-order chi connectivity index (χ1) is 12.1. The van der Waals surface area contributed by atoms with Crippen molar-refractivity contribution in [2.24, 2.45) is 7.05 Å². The highest BCUT2D eigenvalue weighted by molar-refractivity contribution is 6.42. The Morgan fingerprint density at radius 1 is 0.960 bits per heavy atom. The second-order valence-electron chi connectivity index (χ2n) is 5.66. The molecule has 2 aromatic carbocycles. The normalized spacial score (nSPS) is 11.2. The molecule has 0 unspecified atom stereocenters. The SMILES string of the molecule is Cn1c(-c2ccc(Cl)c(Cl)c2)cc2onc(-c3ccccc3)c2c1=O. The number of nitrogens with zero attached hydrogens (tertiary/aromatic N) is 2. The van der Waals surface area contributed by atoms with E-state index in [1.54, 1.807) is 29.8 Å². The fourth-order valence-electron chi connectivity index (χ4n) is 2.83. The van der Waals surface area contributed by atoms with Crippen LogP contribution in [0.4, 0.5) is 0 Å². The van der Waals surface area contributed by atoms with Crippen LogP contribution in [-0.2, 0) is 7.05 Å². The van der Waals surface area contributed by atoms with E-state index in [4.69, 9.17) is 27.7 Å². The van der Waals surface area contributed by atoms with Crippen molar-refractivity contribution >= 4 is 34.2 Å². The summed E-state index contributed by atoms with van der Waals surface area (Å²) in [6, 6.07) is 16.5. The maximum absolute atomic E-state index is 12.9. The molecule has 0 N–H and O–H groups in total. The largest absolute Gasteiger partial charge is 0.355 e. The van der Waals surface area contributed by atoms with Gasteiger partial charge in [-0.2, -0.15) is 0 Å². The molecule has 4 aromatic rings. The highest BCUT2D eigenvalue weighted by atomic mass is 35.5. The van der Waals surface area contributed by atoms with E-state index in [2.05, 4.69) is 5.16 Å². The maximum atomic E-state index is 12.9. The first kappa shape index (κ1) is 15.9. The molecule has 6 heteroatoms. The van der Waals surface area contributed by atoms with Gasteiger partial charge in [-0.15, -0.1) is 0 Å². The topological polar surface area (TPSA) is 48.0 Å². The van der Waals surface area contributed by atoms with Crippen molar-refractivity contribution in [1.29, 1.82) is 0 Å². The third-order valence-electron chi connectivity index (χ3n) is 4.13. The number of hydrogen-bond donors (Lipinski definition) is 0. The van der Waals surface area contributed by atoms with Crippen LogP contribution in [0.2, 0.25) is 10.0 Å². The van der Waals surface area contributed by atoms with Gasteiger partial charge in [-0.1, -0.05) is 64.8 Å². The Bertz CT molecular complexity index is 1150. The average molecular weight is 371 g/mol. The molecule has 0 bridgehead atoms. The Morgan fingerprint density at radius 3 is 2.44 bits per heavy atom. The average Bonchev–Trinajstić information content (AvgIpc) is 3.05. The summed E-state index contributed by atoms with van der Waals surface area (Å²) in [6.45, 7) is 0. The summed E-state index contributed by atoms with van der Waals surface area (Å²) < 4.78 is 6.99. The van der Waals surface area contributed by atoms with E-state index in [1.807, 2.05) is 36.4 Å². The Kier molecular flexibility index (Phi) is 3.86. The van der Waals surface area contributed by atoms with Crippen LogP contribution >= 0.6 is 23.2 Å². The molecular weight excluding hydrogens is 359 g/mol. The van der Waals surface area contributed by atoms with Gasteiger partial charge < -0.3 is 9.09 Å². The van der Waals surface area contributed by atoms with Gasteiger partial charge in [0, 0.05) is 18.7 Å². The van der Waals surface area contributed by atoms with Crippen molar-refractivity contribution in [1.82, 2.24) is 9.72 Å². The van der Waals surface area contributed by atoms with Crippen molar-refractivity contribution < 1.29 is 4.52 Å². The highest BCUT2D eigenvalue weighted by Crippen LogP contribution is 2.31. The molecule has 0 aliphatic carbocycles. The lowest BCUT2D eigenvalue weighted by Gasteiger charge is -2.09. The van der Waals surface area contributed by atoms with Gasteiger partial charge in [0.1, 0.15) is 11.1 Å². The molecule has 0 aliphatic rings. The summed E-state index contributed by atoms with van der Waals surface area (Å²) in [5.74, 6) is 0. The number of fused-ring (bicyclic) bond motifs is 1. The summed E-state index contributed by atoms with van der Waals surface area (Å²) in [7, 11) is 1.71. The molecule has 2 heterocycles. The van der Waals surface area contributed by atoms with Crippen LogP contribution in [0.3, 0.4) is 0 Å². The smallest absolute Gasteiger partial charge is 0.264 e. The van der Waals surface area contributed by atoms with Crippen molar-refractivity contribution in [3.8, 4) is 22.5 Å². The minimum Gasteiger partial charge on any atom is -0.355 e. The molecule has 0 amide bonds.